The molecule has 4 nitrogen and oxygen atoms in total. The van der Waals surface area contributed by atoms with Crippen LogP contribution >= 0.6 is 0 Å². The second-order valence-corrected chi connectivity index (χ2v) is 6.02. The molecule has 0 radical (unpaired) electrons. The molecule has 0 heterocycles. The maximum atomic E-state index is 12.6. The first kappa shape index (κ1) is 15.1. The number of benzene rings is 2. The number of hydrogen-bond acceptors (Lipinski definition) is 4. The van der Waals surface area contributed by atoms with Crippen LogP contribution in [0.15, 0.2) is 41.3 Å². The number of anilines is 1. The van der Waals surface area contributed by atoms with Gasteiger partial charge < -0.3 is 10.5 Å². The van der Waals surface area contributed by atoms with Crippen LogP contribution in [0.3, 0.4) is 0 Å². The minimum absolute atomic E-state index is 0.281. The number of nitrogens with two attached hydrogens (primary N) is 1. The average molecular weight is 300 g/mol. The fourth-order valence-electron chi connectivity index (χ4n) is 2.06. The highest BCUT2D eigenvalue weighted by Gasteiger charge is 2.13. The Morgan fingerprint density at radius 2 is 2.10 bits per heavy atom. The maximum absolute atomic E-state index is 12.6. The highest BCUT2D eigenvalue weighted by molar-refractivity contribution is 7.84. The third-order valence-corrected chi connectivity index (χ3v) is 4.77. The molecule has 0 aliphatic heterocycles. The molecule has 0 saturated carbocycles. The molecule has 0 aromatic heterocycles. The molecular weight excluding hydrogens is 284 g/mol. The van der Waals surface area contributed by atoms with Gasteiger partial charge in [0.15, 0.2) is 0 Å². The molecule has 0 spiro atoms. The smallest absolute Gasteiger partial charge is 0.123 e. The number of nitriles is 1. The topological polar surface area (TPSA) is 76.1 Å². The van der Waals surface area contributed by atoms with Gasteiger partial charge in [0.05, 0.1) is 35.3 Å². The van der Waals surface area contributed by atoms with Gasteiger partial charge in [-0.25, -0.2) is 0 Å². The van der Waals surface area contributed by atoms with Crippen LogP contribution in [0.2, 0.25) is 0 Å². The minimum atomic E-state index is -1.25. The van der Waals surface area contributed by atoms with Crippen LogP contribution in [0.1, 0.15) is 16.7 Å². The quantitative estimate of drug-likeness (QED) is 0.881. The number of nitrogen functional groups attached to an aromatic ring is 1. The zero-order valence-corrected chi connectivity index (χ0v) is 12.7. The van der Waals surface area contributed by atoms with Crippen LogP contribution in [-0.2, 0) is 16.6 Å². The molecule has 2 N–H and O–H groups in total. The van der Waals surface area contributed by atoms with E-state index in [2.05, 4.69) is 6.07 Å². The lowest BCUT2D eigenvalue weighted by molar-refractivity contribution is 0.411. The number of nitrogens with zero attached hydrogens (tertiary/aromatic N) is 1. The van der Waals surface area contributed by atoms with Crippen molar-refractivity contribution in [3.05, 3.63) is 53.1 Å². The van der Waals surface area contributed by atoms with E-state index >= 15 is 0 Å². The fourth-order valence-corrected chi connectivity index (χ4v) is 3.41. The van der Waals surface area contributed by atoms with Crippen LogP contribution in [0.25, 0.3) is 0 Å². The van der Waals surface area contributed by atoms with Crippen LogP contribution in [0, 0.1) is 18.3 Å². The average Bonchev–Trinajstić information content (AvgIpc) is 2.49. The molecule has 0 amide bonds. The van der Waals surface area contributed by atoms with Crippen molar-refractivity contribution < 1.29 is 8.95 Å². The number of hydrogen-bond donors (Lipinski definition) is 1. The van der Waals surface area contributed by atoms with Crippen LogP contribution in [0.5, 0.6) is 5.75 Å². The second kappa shape index (κ2) is 6.42. The van der Waals surface area contributed by atoms with Crippen LogP contribution in [-0.4, -0.2) is 11.3 Å². The van der Waals surface area contributed by atoms with Gasteiger partial charge in [0.25, 0.3) is 0 Å². The summed E-state index contributed by atoms with van der Waals surface area (Å²) in [5, 5.41) is 8.97. The van der Waals surface area contributed by atoms with E-state index in [9.17, 15) is 4.21 Å². The molecule has 5 heteroatoms. The number of rotatable bonds is 4. The molecule has 0 bridgehead atoms. The largest absolute Gasteiger partial charge is 0.496 e. The fraction of sp³-hybridized carbons (Fsp3) is 0.188. The van der Waals surface area contributed by atoms with E-state index in [1.165, 1.54) is 0 Å². The van der Waals surface area contributed by atoms with E-state index in [1.54, 1.807) is 37.4 Å². The van der Waals surface area contributed by atoms with E-state index < -0.39 is 10.8 Å². The zero-order chi connectivity index (χ0) is 15.4. The molecule has 0 aliphatic carbocycles. The van der Waals surface area contributed by atoms with Gasteiger partial charge in [-0.1, -0.05) is 6.07 Å². The predicted octanol–water partition coefficient (Wildman–Crippen LogP) is 2.77. The SMILES string of the molecule is COc1ccc(C#N)cc1CS(=O)c1cccc(N)c1C. The van der Waals surface area contributed by atoms with E-state index in [1.807, 2.05) is 13.0 Å². The summed E-state index contributed by atoms with van der Waals surface area (Å²) in [4.78, 5) is 0.708. The van der Waals surface area contributed by atoms with Crippen molar-refractivity contribution in [2.24, 2.45) is 0 Å². The highest BCUT2D eigenvalue weighted by atomic mass is 32.2. The first-order chi connectivity index (χ1) is 10.1. The standard InChI is InChI=1S/C16H16N2O2S/c1-11-14(18)4-3-5-16(11)21(19)10-13-8-12(9-17)6-7-15(13)20-2/h3-8H,10,18H2,1-2H3. The molecule has 1 unspecified atom stereocenters. The molecule has 21 heavy (non-hydrogen) atoms. The Labute approximate surface area is 126 Å². The van der Waals surface area contributed by atoms with E-state index in [4.69, 9.17) is 15.7 Å². The van der Waals surface area contributed by atoms with Gasteiger partial charge in [0.1, 0.15) is 5.75 Å². The Bertz CT molecular complexity index is 736. The molecule has 0 saturated heterocycles. The summed E-state index contributed by atoms with van der Waals surface area (Å²) >= 11 is 0. The molecule has 0 aliphatic rings. The zero-order valence-electron chi connectivity index (χ0n) is 11.9. The predicted molar refractivity (Wildman–Crippen MR) is 83.4 cm³/mol. The van der Waals surface area contributed by atoms with Gasteiger partial charge in [0.2, 0.25) is 0 Å². The second-order valence-electron chi connectivity index (χ2n) is 4.60. The van der Waals surface area contributed by atoms with Gasteiger partial charge in [-0.2, -0.15) is 5.26 Å². The number of ether oxygens (including phenoxy) is 1. The van der Waals surface area contributed by atoms with Crippen molar-refractivity contribution >= 4 is 16.5 Å². The molecular formula is C16H16N2O2S. The van der Waals surface area contributed by atoms with Crippen molar-refractivity contribution in [3.63, 3.8) is 0 Å². The molecule has 2 rings (SSSR count). The first-order valence-corrected chi connectivity index (χ1v) is 7.69. The lowest BCUT2D eigenvalue weighted by atomic mass is 10.1. The van der Waals surface area contributed by atoms with Gasteiger partial charge in [-0.3, -0.25) is 4.21 Å². The summed E-state index contributed by atoms with van der Waals surface area (Å²) in [6, 6.07) is 12.6. The lowest BCUT2D eigenvalue weighted by Gasteiger charge is -2.11. The summed E-state index contributed by atoms with van der Waals surface area (Å²) in [5.74, 6) is 0.909. The molecule has 0 fully saturated rings. The summed E-state index contributed by atoms with van der Waals surface area (Å²) in [5.41, 5.74) is 8.57. The Morgan fingerprint density at radius 1 is 1.33 bits per heavy atom. The molecule has 2 aromatic rings. The van der Waals surface area contributed by atoms with Crippen molar-refractivity contribution in [3.8, 4) is 11.8 Å². The Hall–Kier alpha value is -2.32. The van der Waals surface area contributed by atoms with Gasteiger partial charge in [-0.15, -0.1) is 0 Å². The van der Waals surface area contributed by atoms with Gasteiger partial charge >= 0.3 is 0 Å². The summed E-state index contributed by atoms with van der Waals surface area (Å²) in [7, 11) is 0.307. The normalized spacial score (nSPS) is 11.7. The Balaban J connectivity index is 2.35. The number of methoxy groups -OCH3 is 1. The van der Waals surface area contributed by atoms with Crippen molar-refractivity contribution in [2.45, 2.75) is 17.6 Å². The monoisotopic (exact) mass is 300 g/mol. The third kappa shape index (κ3) is 3.23. The van der Waals surface area contributed by atoms with Gasteiger partial charge in [-0.05, 0) is 42.8 Å². The first-order valence-electron chi connectivity index (χ1n) is 6.37. The molecule has 2 aromatic carbocycles. The van der Waals surface area contributed by atoms with E-state index in [0.29, 0.717) is 21.9 Å². The minimum Gasteiger partial charge on any atom is -0.496 e. The van der Waals surface area contributed by atoms with Crippen LogP contribution < -0.4 is 10.5 Å². The van der Waals surface area contributed by atoms with Crippen molar-refractivity contribution in [1.29, 1.82) is 5.26 Å². The summed E-state index contributed by atoms with van der Waals surface area (Å²) in [6.45, 7) is 1.85. The Morgan fingerprint density at radius 3 is 2.76 bits per heavy atom. The highest BCUT2D eigenvalue weighted by Crippen LogP contribution is 2.26. The Kier molecular flexibility index (Phi) is 4.61. The summed E-state index contributed by atoms with van der Waals surface area (Å²) < 4.78 is 17.8. The third-order valence-electron chi connectivity index (χ3n) is 3.27. The summed E-state index contributed by atoms with van der Waals surface area (Å²) in [6.07, 6.45) is 0. The molecule has 108 valence electrons. The van der Waals surface area contributed by atoms with E-state index in [-0.39, 0.29) is 5.75 Å². The molecule has 1 atom stereocenters. The van der Waals surface area contributed by atoms with Crippen molar-refractivity contribution in [2.75, 3.05) is 12.8 Å². The van der Waals surface area contributed by atoms with Crippen molar-refractivity contribution in [1.82, 2.24) is 0 Å². The maximum Gasteiger partial charge on any atom is 0.123 e. The lowest BCUT2D eigenvalue weighted by Crippen LogP contribution is -2.03. The van der Waals surface area contributed by atoms with Crippen LogP contribution in [0.4, 0.5) is 5.69 Å². The van der Waals surface area contributed by atoms with Gasteiger partial charge in [0, 0.05) is 16.1 Å². The van der Waals surface area contributed by atoms with E-state index in [0.717, 1.165) is 11.1 Å².